The number of ether oxygens (including phenoxy) is 1. The molecule has 2 heterocycles. The van der Waals surface area contributed by atoms with E-state index in [2.05, 4.69) is 35.8 Å². The van der Waals surface area contributed by atoms with Crippen molar-refractivity contribution in [3.05, 3.63) is 30.1 Å². The van der Waals surface area contributed by atoms with E-state index in [1.165, 1.54) is 11.8 Å². The molecule has 0 radical (unpaired) electrons. The molecule has 0 saturated carbocycles. The fraction of sp³-hybridized carbons (Fsp3) is 0.286. The van der Waals surface area contributed by atoms with Crippen molar-refractivity contribution in [2.24, 2.45) is 0 Å². The summed E-state index contributed by atoms with van der Waals surface area (Å²) in [6, 6.07) is 7.47. The number of aromatic nitrogens is 7. The summed E-state index contributed by atoms with van der Waals surface area (Å²) in [4.78, 5) is 12.7. The molecule has 1 aromatic carbocycles. The summed E-state index contributed by atoms with van der Waals surface area (Å²) in [6.45, 7) is 2.66. The summed E-state index contributed by atoms with van der Waals surface area (Å²) in [5, 5.41) is 15.3. The van der Waals surface area contributed by atoms with Crippen molar-refractivity contribution in [2.75, 3.05) is 18.2 Å². The van der Waals surface area contributed by atoms with E-state index in [4.69, 9.17) is 10.5 Å². The highest BCUT2D eigenvalue weighted by Gasteiger charge is 2.11. The molecule has 2 aromatic heterocycles. The Bertz CT molecular complexity index is 854. The second kappa shape index (κ2) is 7.75. The molecule has 0 saturated heterocycles. The van der Waals surface area contributed by atoms with Gasteiger partial charge in [-0.25, -0.2) is 4.68 Å². The minimum absolute atomic E-state index is 0.137. The number of anilines is 3. The second-order valence-corrected chi connectivity index (χ2v) is 5.77. The largest absolute Gasteiger partial charge is 0.495 e. The van der Waals surface area contributed by atoms with Crippen molar-refractivity contribution in [3.8, 4) is 5.75 Å². The molecule has 0 aliphatic rings. The van der Waals surface area contributed by atoms with Gasteiger partial charge in [0.1, 0.15) is 11.6 Å². The first-order chi connectivity index (χ1) is 12.2. The Hall–Kier alpha value is -2.95. The molecule has 3 rings (SSSR count). The second-order valence-electron chi connectivity index (χ2n) is 4.82. The lowest BCUT2D eigenvalue weighted by Crippen LogP contribution is -2.07. The highest BCUT2D eigenvalue weighted by molar-refractivity contribution is 7.98. The van der Waals surface area contributed by atoms with Crippen LogP contribution in [0.1, 0.15) is 12.7 Å². The van der Waals surface area contributed by atoms with Crippen LogP contribution in [0.5, 0.6) is 5.75 Å². The SMILES string of the molecule is CCn1nnnc1SCc1nc(N)nc(Nc2ccccc2OC)n1. The van der Waals surface area contributed by atoms with Crippen molar-refractivity contribution < 1.29 is 4.74 Å². The smallest absolute Gasteiger partial charge is 0.232 e. The lowest BCUT2D eigenvalue weighted by atomic mass is 10.3. The third kappa shape index (κ3) is 4.12. The summed E-state index contributed by atoms with van der Waals surface area (Å²) in [5.74, 6) is 2.16. The molecule has 25 heavy (non-hydrogen) atoms. The Morgan fingerprint density at radius 2 is 2.08 bits per heavy atom. The molecule has 0 amide bonds. The molecule has 0 spiro atoms. The zero-order chi connectivity index (χ0) is 17.6. The van der Waals surface area contributed by atoms with Gasteiger partial charge in [-0.3, -0.25) is 0 Å². The minimum atomic E-state index is 0.137. The molecule has 3 N–H and O–H groups in total. The number of methoxy groups -OCH3 is 1. The van der Waals surface area contributed by atoms with Crippen molar-refractivity contribution in [2.45, 2.75) is 24.4 Å². The van der Waals surface area contributed by atoms with Crippen LogP contribution in [0.15, 0.2) is 29.4 Å². The van der Waals surface area contributed by atoms with Gasteiger partial charge in [0.2, 0.25) is 17.1 Å². The number of hydrogen-bond acceptors (Lipinski definition) is 10. The van der Waals surface area contributed by atoms with Crippen LogP contribution in [0.2, 0.25) is 0 Å². The fourth-order valence-corrected chi connectivity index (χ4v) is 2.85. The van der Waals surface area contributed by atoms with Gasteiger partial charge in [0, 0.05) is 6.54 Å². The van der Waals surface area contributed by atoms with E-state index >= 15 is 0 Å². The van der Waals surface area contributed by atoms with Gasteiger partial charge in [0.25, 0.3) is 0 Å². The summed E-state index contributed by atoms with van der Waals surface area (Å²) in [7, 11) is 1.60. The van der Waals surface area contributed by atoms with Crippen molar-refractivity contribution in [1.82, 2.24) is 35.2 Å². The van der Waals surface area contributed by atoms with Gasteiger partial charge in [0.05, 0.1) is 18.6 Å². The standard InChI is InChI=1S/C14H17N9OS/c1-3-23-14(20-21-22-23)25-8-11-17-12(15)19-13(18-11)16-9-6-4-5-7-10(9)24-2/h4-7H,3,8H2,1-2H3,(H3,15,16,17,18,19). The van der Waals surface area contributed by atoms with Crippen LogP contribution >= 0.6 is 11.8 Å². The van der Waals surface area contributed by atoms with E-state index in [0.717, 1.165) is 5.69 Å². The van der Waals surface area contributed by atoms with Gasteiger partial charge in [-0.2, -0.15) is 15.0 Å². The first-order valence-corrected chi connectivity index (χ1v) is 8.47. The van der Waals surface area contributed by atoms with Crippen LogP contribution in [-0.4, -0.2) is 42.3 Å². The predicted octanol–water partition coefficient (Wildman–Crippen LogP) is 1.50. The normalized spacial score (nSPS) is 10.6. The molecule has 0 fully saturated rings. The average Bonchev–Trinajstić information content (AvgIpc) is 3.07. The quantitative estimate of drug-likeness (QED) is 0.598. The van der Waals surface area contributed by atoms with Gasteiger partial charge in [-0.1, -0.05) is 23.9 Å². The third-order valence-corrected chi connectivity index (χ3v) is 4.13. The summed E-state index contributed by atoms with van der Waals surface area (Å²) >= 11 is 1.43. The van der Waals surface area contributed by atoms with Gasteiger partial charge in [-0.05, 0) is 29.5 Å². The van der Waals surface area contributed by atoms with Crippen LogP contribution in [0, 0.1) is 0 Å². The van der Waals surface area contributed by atoms with E-state index < -0.39 is 0 Å². The Morgan fingerprint density at radius 3 is 2.88 bits per heavy atom. The number of tetrazole rings is 1. The Labute approximate surface area is 148 Å². The molecular formula is C14H17N9OS. The van der Waals surface area contributed by atoms with Gasteiger partial charge in [-0.15, -0.1) is 5.10 Å². The molecule has 0 aliphatic carbocycles. The molecular weight excluding hydrogens is 342 g/mol. The Morgan fingerprint density at radius 1 is 1.24 bits per heavy atom. The molecule has 10 nitrogen and oxygen atoms in total. The summed E-state index contributed by atoms with van der Waals surface area (Å²) in [5.41, 5.74) is 6.54. The maximum Gasteiger partial charge on any atom is 0.232 e. The number of para-hydroxylation sites is 2. The Balaban J connectivity index is 1.76. The van der Waals surface area contributed by atoms with Crippen molar-refractivity contribution in [3.63, 3.8) is 0 Å². The van der Waals surface area contributed by atoms with Crippen LogP contribution in [0.3, 0.4) is 0 Å². The van der Waals surface area contributed by atoms with Gasteiger partial charge >= 0.3 is 0 Å². The number of aryl methyl sites for hydroxylation is 1. The van der Waals surface area contributed by atoms with Crippen LogP contribution < -0.4 is 15.8 Å². The molecule has 0 atom stereocenters. The fourth-order valence-electron chi connectivity index (χ4n) is 2.05. The molecule has 0 bridgehead atoms. The number of nitrogens with zero attached hydrogens (tertiary/aromatic N) is 7. The lowest BCUT2D eigenvalue weighted by Gasteiger charge is -2.10. The monoisotopic (exact) mass is 359 g/mol. The topological polar surface area (TPSA) is 130 Å². The number of nitrogens with one attached hydrogen (secondary N) is 1. The average molecular weight is 359 g/mol. The highest BCUT2D eigenvalue weighted by Crippen LogP contribution is 2.26. The van der Waals surface area contributed by atoms with Gasteiger partial charge < -0.3 is 15.8 Å². The number of rotatable bonds is 7. The number of benzene rings is 1. The van der Waals surface area contributed by atoms with Crippen molar-refractivity contribution in [1.29, 1.82) is 0 Å². The zero-order valence-corrected chi connectivity index (χ0v) is 14.6. The van der Waals surface area contributed by atoms with E-state index in [-0.39, 0.29) is 5.95 Å². The number of hydrogen-bond donors (Lipinski definition) is 2. The zero-order valence-electron chi connectivity index (χ0n) is 13.7. The number of thioether (sulfide) groups is 1. The molecule has 0 aliphatic heterocycles. The molecule has 11 heteroatoms. The van der Waals surface area contributed by atoms with E-state index in [1.54, 1.807) is 11.8 Å². The van der Waals surface area contributed by atoms with Crippen LogP contribution in [-0.2, 0) is 12.3 Å². The number of nitrogen functional groups attached to an aromatic ring is 1. The molecule has 3 aromatic rings. The maximum absolute atomic E-state index is 5.80. The summed E-state index contributed by atoms with van der Waals surface area (Å²) in [6.07, 6.45) is 0. The Kier molecular flexibility index (Phi) is 5.23. The first-order valence-electron chi connectivity index (χ1n) is 7.49. The van der Waals surface area contributed by atoms with Crippen molar-refractivity contribution >= 4 is 29.3 Å². The highest BCUT2D eigenvalue weighted by atomic mass is 32.2. The van der Waals surface area contributed by atoms with Gasteiger partial charge in [0.15, 0.2) is 0 Å². The van der Waals surface area contributed by atoms with E-state index in [9.17, 15) is 0 Å². The van der Waals surface area contributed by atoms with Crippen LogP contribution in [0.4, 0.5) is 17.6 Å². The van der Waals surface area contributed by atoms with E-state index in [0.29, 0.717) is 35.0 Å². The third-order valence-electron chi connectivity index (χ3n) is 3.18. The number of nitrogens with two attached hydrogens (primary N) is 1. The minimum Gasteiger partial charge on any atom is -0.495 e. The summed E-state index contributed by atoms with van der Waals surface area (Å²) < 4.78 is 7.00. The van der Waals surface area contributed by atoms with E-state index in [1.807, 2.05) is 31.2 Å². The molecule has 130 valence electrons. The lowest BCUT2D eigenvalue weighted by molar-refractivity contribution is 0.417. The van der Waals surface area contributed by atoms with Crippen LogP contribution in [0.25, 0.3) is 0 Å². The first kappa shape index (κ1) is 16.9. The molecule has 0 unspecified atom stereocenters. The maximum atomic E-state index is 5.80. The predicted molar refractivity (Wildman–Crippen MR) is 93.6 cm³/mol.